The van der Waals surface area contributed by atoms with Crippen molar-refractivity contribution in [3.05, 3.63) is 62.8 Å². The van der Waals surface area contributed by atoms with Crippen LogP contribution in [0.3, 0.4) is 0 Å². The maximum atomic E-state index is 12.6. The van der Waals surface area contributed by atoms with E-state index in [4.69, 9.17) is 10.2 Å². The van der Waals surface area contributed by atoms with Gasteiger partial charge in [0, 0.05) is 32.6 Å². The van der Waals surface area contributed by atoms with E-state index in [1.165, 1.54) is 0 Å². The van der Waals surface area contributed by atoms with E-state index < -0.39 is 0 Å². The standard InChI is InChI=1S/C20H21N5O/c21-11-14-4-6-15(7-5-14)12-25-10-8-17-16(13-25)20(26)24-19(23-17)18-3-1-2-9-22-18/h4-7H,1-3,8-10,12-13H2,(H,23,24,26). The zero-order chi connectivity index (χ0) is 17.9. The first-order chi connectivity index (χ1) is 12.7. The van der Waals surface area contributed by atoms with E-state index >= 15 is 0 Å². The molecule has 0 aliphatic carbocycles. The van der Waals surface area contributed by atoms with Gasteiger partial charge in [-0.05, 0) is 37.0 Å². The summed E-state index contributed by atoms with van der Waals surface area (Å²) in [5, 5.41) is 8.89. The summed E-state index contributed by atoms with van der Waals surface area (Å²) in [4.78, 5) is 27.0. The molecule has 4 rings (SSSR count). The molecule has 0 amide bonds. The summed E-state index contributed by atoms with van der Waals surface area (Å²) in [5.41, 5.74) is 4.39. The quantitative estimate of drug-likeness (QED) is 0.922. The van der Waals surface area contributed by atoms with Crippen LogP contribution in [0.4, 0.5) is 0 Å². The van der Waals surface area contributed by atoms with Gasteiger partial charge in [0.1, 0.15) is 0 Å². The summed E-state index contributed by atoms with van der Waals surface area (Å²) in [5.74, 6) is 0.661. The van der Waals surface area contributed by atoms with E-state index in [1.807, 2.05) is 24.3 Å². The Kier molecular flexibility index (Phi) is 4.63. The summed E-state index contributed by atoms with van der Waals surface area (Å²) >= 11 is 0. The SMILES string of the molecule is N#Cc1ccc(CN2CCc3nc(C4=NCCCC4)[nH]c(=O)c3C2)cc1. The number of aromatic amines is 1. The maximum Gasteiger partial charge on any atom is 0.255 e. The van der Waals surface area contributed by atoms with E-state index in [-0.39, 0.29) is 5.56 Å². The van der Waals surface area contributed by atoms with Crippen molar-refractivity contribution < 1.29 is 0 Å². The van der Waals surface area contributed by atoms with Crippen LogP contribution in [0.15, 0.2) is 34.1 Å². The fraction of sp³-hybridized carbons (Fsp3) is 0.400. The molecule has 0 atom stereocenters. The molecule has 6 nitrogen and oxygen atoms in total. The predicted octanol–water partition coefficient (Wildman–Crippen LogP) is 2.17. The third-order valence-electron chi connectivity index (χ3n) is 5.03. The molecule has 0 saturated carbocycles. The Labute approximate surface area is 152 Å². The van der Waals surface area contributed by atoms with Crippen LogP contribution < -0.4 is 5.56 Å². The zero-order valence-electron chi connectivity index (χ0n) is 14.7. The van der Waals surface area contributed by atoms with E-state index in [2.05, 4.69) is 20.9 Å². The summed E-state index contributed by atoms with van der Waals surface area (Å²) in [6.45, 7) is 3.06. The van der Waals surface area contributed by atoms with Gasteiger partial charge in [-0.25, -0.2) is 4.98 Å². The molecule has 26 heavy (non-hydrogen) atoms. The lowest BCUT2D eigenvalue weighted by atomic mass is 10.0. The Morgan fingerprint density at radius 3 is 2.77 bits per heavy atom. The Balaban J connectivity index is 1.52. The van der Waals surface area contributed by atoms with E-state index in [9.17, 15) is 4.79 Å². The van der Waals surface area contributed by atoms with Crippen LogP contribution in [0, 0.1) is 11.3 Å². The molecule has 2 aromatic rings. The minimum Gasteiger partial charge on any atom is -0.305 e. The van der Waals surface area contributed by atoms with Crippen LogP contribution >= 0.6 is 0 Å². The molecule has 2 aliphatic rings. The van der Waals surface area contributed by atoms with Gasteiger partial charge < -0.3 is 4.98 Å². The van der Waals surface area contributed by atoms with Crippen LogP contribution in [-0.2, 0) is 19.5 Å². The van der Waals surface area contributed by atoms with Crippen molar-refractivity contribution in [3.63, 3.8) is 0 Å². The number of hydrogen-bond donors (Lipinski definition) is 1. The molecule has 0 saturated heterocycles. The van der Waals surface area contributed by atoms with Gasteiger partial charge >= 0.3 is 0 Å². The number of benzene rings is 1. The van der Waals surface area contributed by atoms with Gasteiger partial charge in [0.05, 0.1) is 28.6 Å². The molecule has 3 heterocycles. The maximum absolute atomic E-state index is 12.6. The molecule has 1 N–H and O–H groups in total. The number of nitriles is 1. The average Bonchev–Trinajstić information content (AvgIpc) is 2.69. The lowest BCUT2D eigenvalue weighted by molar-refractivity contribution is 0.241. The molecule has 6 heteroatoms. The molecule has 0 unspecified atom stereocenters. The van der Waals surface area contributed by atoms with Gasteiger partial charge in [-0.15, -0.1) is 0 Å². The number of rotatable bonds is 3. The van der Waals surface area contributed by atoms with Crippen molar-refractivity contribution >= 4 is 5.71 Å². The third-order valence-corrected chi connectivity index (χ3v) is 5.03. The number of nitrogens with zero attached hydrogens (tertiary/aromatic N) is 4. The summed E-state index contributed by atoms with van der Waals surface area (Å²) < 4.78 is 0. The second-order valence-electron chi connectivity index (χ2n) is 6.89. The van der Waals surface area contributed by atoms with Crippen molar-refractivity contribution in [3.8, 4) is 6.07 Å². The monoisotopic (exact) mass is 347 g/mol. The second-order valence-corrected chi connectivity index (χ2v) is 6.89. The van der Waals surface area contributed by atoms with Crippen molar-refractivity contribution in [1.29, 1.82) is 5.26 Å². The topological polar surface area (TPSA) is 85.1 Å². The van der Waals surface area contributed by atoms with Crippen molar-refractivity contribution in [2.45, 2.75) is 38.8 Å². The van der Waals surface area contributed by atoms with Crippen LogP contribution in [-0.4, -0.2) is 33.7 Å². The fourth-order valence-corrected chi connectivity index (χ4v) is 3.59. The molecule has 1 aromatic heterocycles. The molecule has 0 bridgehead atoms. The average molecular weight is 347 g/mol. The smallest absolute Gasteiger partial charge is 0.255 e. The molecule has 132 valence electrons. The van der Waals surface area contributed by atoms with Crippen LogP contribution in [0.2, 0.25) is 0 Å². The lowest BCUT2D eigenvalue weighted by Crippen LogP contribution is -2.36. The highest BCUT2D eigenvalue weighted by molar-refractivity contribution is 5.97. The molecular weight excluding hydrogens is 326 g/mol. The molecule has 1 aromatic carbocycles. The number of hydrogen-bond acceptors (Lipinski definition) is 5. The molecule has 0 fully saturated rings. The first-order valence-corrected chi connectivity index (χ1v) is 9.10. The van der Waals surface area contributed by atoms with Crippen molar-refractivity contribution in [2.75, 3.05) is 13.1 Å². The molecule has 2 aliphatic heterocycles. The Hall–Kier alpha value is -2.78. The van der Waals surface area contributed by atoms with Crippen molar-refractivity contribution in [2.24, 2.45) is 4.99 Å². The highest BCUT2D eigenvalue weighted by Gasteiger charge is 2.22. The first kappa shape index (κ1) is 16.7. The summed E-state index contributed by atoms with van der Waals surface area (Å²) in [6.07, 6.45) is 3.89. The number of aliphatic imine (C=N–C) groups is 1. The largest absolute Gasteiger partial charge is 0.305 e. The van der Waals surface area contributed by atoms with Gasteiger partial charge in [-0.1, -0.05) is 12.1 Å². The highest BCUT2D eigenvalue weighted by Crippen LogP contribution is 2.18. The van der Waals surface area contributed by atoms with Crippen LogP contribution in [0.25, 0.3) is 0 Å². The minimum absolute atomic E-state index is 0.0391. The first-order valence-electron chi connectivity index (χ1n) is 9.10. The number of H-pyrrole nitrogens is 1. The predicted molar refractivity (Wildman–Crippen MR) is 99.1 cm³/mol. The van der Waals surface area contributed by atoms with Gasteiger partial charge in [-0.3, -0.25) is 14.7 Å². The lowest BCUT2D eigenvalue weighted by Gasteiger charge is -2.28. The van der Waals surface area contributed by atoms with Gasteiger partial charge in [0.15, 0.2) is 5.82 Å². The number of fused-ring (bicyclic) bond motifs is 1. The van der Waals surface area contributed by atoms with E-state index in [0.717, 1.165) is 67.9 Å². The second kappa shape index (κ2) is 7.22. The summed E-state index contributed by atoms with van der Waals surface area (Å²) in [7, 11) is 0. The molecule has 0 radical (unpaired) electrons. The Morgan fingerprint density at radius 2 is 2.04 bits per heavy atom. The van der Waals surface area contributed by atoms with Gasteiger partial charge in [0.2, 0.25) is 0 Å². The number of aromatic nitrogens is 2. The normalized spacial score (nSPS) is 17.3. The Bertz CT molecular complexity index is 936. The van der Waals surface area contributed by atoms with Gasteiger partial charge in [-0.2, -0.15) is 5.26 Å². The minimum atomic E-state index is -0.0391. The van der Waals surface area contributed by atoms with Crippen molar-refractivity contribution in [1.82, 2.24) is 14.9 Å². The third kappa shape index (κ3) is 3.44. The zero-order valence-corrected chi connectivity index (χ0v) is 14.7. The molecular formula is C20H21N5O. The van der Waals surface area contributed by atoms with E-state index in [1.54, 1.807) is 0 Å². The Morgan fingerprint density at radius 1 is 1.19 bits per heavy atom. The fourth-order valence-electron chi connectivity index (χ4n) is 3.59. The van der Waals surface area contributed by atoms with Crippen LogP contribution in [0.1, 0.15) is 47.5 Å². The summed E-state index contributed by atoms with van der Waals surface area (Å²) in [6, 6.07) is 9.74. The molecule has 0 spiro atoms. The van der Waals surface area contributed by atoms with E-state index in [0.29, 0.717) is 17.9 Å². The van der Waals surface area contributed by atoms with Crippen LogP contribution in [0.5, 0.6) is 0 Å². The van der Waals surface area contributed by atoms with Gasteiger partial charge in [0.25, 0.3) is 5.56 Å². The number of nitrogens with one attached hydrogen (secondary N) is 1. The highest BCUT2D eigenvalue weighted by atomic mass is 16.1.